The number of hydrogen-bond donors (Lipinski definition) is 4. The molecule has 1 aliphatic rings. The fraction of sp³-hybridized carbons (Fsp3) is 0.208. The molecular formula is C24H23BN4O5. The number of nitrogens with two attached hydrogens (primary N) is 1. The number of furan rings is 1. The monoisotopic (exact) mass is 458 g/mol. The van der Waals surface area contributed by atoms with Crippen LogP contribution < -0.4 is 21.3 Å². The zero-order valence-electron chi connectivity index (χ0n) is 18.5. The summed E-state index contributed by atoms with van der Waals surface area (Å²) in [6.45, 7) is 2.78. The summed E-state index contributed by atoms with van der Waals surface area (Å²) in [6.07, 6.45) is 1.62. The highest BCUT2D eigenvalue weighted by Crippen LogP contribution is 2.38. The Hall–Kier alpha value is -3.89. The molecule has 0 saturated heterocycles. The average Bonchev–Trinajstić information content (AvgIpc) is 3.18. The van der Waals surface area contributed by atoms with Gasteiger partial charge in [-0.05, 0) is 36.9 Å². The molecule has 0 spiro atoms. The van der Waals surface area contributed by atoms with Crippen LogP contribution in [0.15, 0.2) is 46.9 Å². The van der Waals surface area contributed by atoms with Gasteiger partial charge in [-0.15, -0.1) is 0 Å². The van der Waals surface area contributed by atoms with E-state index in [1.807, 2.05) is 12.1 Å². The predicted octanol–water partition coefficient (Wildman–Crippen LogP) is 1.91. The van der Waals surface area contributed by atoms with Gasteiger partial charge in [0.15, 0.2) is 5.82 Å². The number of anilines is 1. The Balaban J connectivity index is 1.57. The minimum atomic E-state index is -1.53. The van der Waals surface area contributed by atoms with Crippen LogP contribution in [0.1, 0.15) is 33.7 Å². The summed E-state index contributed by atoms with van der Waals surface area (Å²) in [5, 5.41) is 23.0. The van der Waals surface area contributed by atoms with Crippen LogP contribution in [0.25, 0.3) is 22.4 Å². The largest absolute Gasteiger partial charge is 0.488 e. The minimum absolute atomic E-state index is 0.297. The van der Waals surface area contributed by atoms with E-state index in [2.05, 4.69) is 10.3 Å². The van der Waals surface area contributed by atoms with E-state index in [0.29, 0.717) is 64.0 Å². The maximum Gasteiger partial charge on any atom is 0.488 e. The number of carbonyl (C=O) groups excluding carboxylic acids is 1. The van der Waals surface area contributed by atoms with Gasteiger partial charge >= 0.3 is 7.12 Å². The molecule has 0 atom stereocenters. The number of carbonyl (C=O) groups is 1. The highest BCUT2D eigenvalue weighted by atomic mass is 16.5. The Morgan fingerprint density at radius 1 is 1.21 bits per heavy atom. The molecule has 2 aromatic heterocycles. The Bertz CT molecular complexity index is 1400. The van der Waals surface area contributed by atoms with Gasteiger partial charge in [-0.3, -0.25) is 4.79 Å². The van der Waals surface area contributed by atoms with Gasteiger partial charge < -0.3 is 30.3 Å². The van der Waals surface area contributed by atoms with Crippen LogP contribution in [-0.4, -0.2) is 39.6 Å². The lowest BCUT2D eigenvalue weighted by Crippen LogP contribution is -2.30. The Kier molecular flexibility index (Phi) is 5.68. The smallest absolute Gasteiger partial charge is 0.477 e. The van der Waals surface area contributed by atoms with Gasteiger partial charge in [0.05, 0.1) is 23.3 Å². The van der Waals surface area contributed by atoms with Crippen LogP contribution in [0.4, 0.5) is 5.82 Å². The summed E-state index contributed by atoms with van der Waals surface area (Å²) < 4.78 is 11.8. The number of nitrogens with zero attached hydrogens (tertiary/aromatic N) is 2. The number of nitrogens with one attached hydrogen (secondary N) is 1. The third-order valence-electron chi connectivity index (χ3n) is 5.87. The van der Waals surface area contributed by atoms with Crippen molar-refractivity contribution in [3.8, 4) is 17.3 Å². The van der Waals surface area contributed by atoms with Crippen molar-refractivity contribution in [1.29, 1.82) is 0 Å². The number of amides is 1. The Morgan fingerprint density at radius 2 is 2.03 bits per heavy atom. The highest BCUT2D eigenvalue weighted by molar-refractivity contribution is 6.58. The standard InChI is InChI=1S/C24H23BN4O5/c1-13-19(16-7-3-8-17(21(26)30)20(16)34-13)23-28-22(18-9-4-10-33-24(18)29-23)27-12-14-5-2-6-15(11-14)25(31)32/h2-3,5-8,11,31-32H,4,9-10,12H2,1H3,(H2,26,30)(H,27,28,29). The number of aryl methyl sites for hydroxylation is 1. The number of rotatable bonds is 6. The van der Waals surface area contributed by atoms with Crippen molar-refractivity contribution in [2.45, 2.75) is 26.3 Å². The number of fused-ring (bicyclic) bond motifs is 2. The first kappa shape index (κ1) is 21.9. The van der Waals surface area contributed by atoms with Gasteiger partial charge in [0.1, 0.15) is 17.2 Å². The predicted molar refractivity (Wildman–Crippen MR) is 128 cm³/mol. The first-order valence-electron chi connectivity index (χ1n) is 11.0. The molecule has 172 valence electrons. The van der Waals surface area contributed by atoms with Crippen LogP contribution in [0.3, 0.4) is 0 Å². The van der Waals surface area contributed by atoms with E-state index in [0.717, 1.165) is 24.0 Å². The van der Waals surface area contributed by atoms with E-state index in [-0.39, 0.29) is 0 Å². The van der Waals surface area contributed by atoms with E-state index in [1.54, 1.807) is 37.3 Å². The second kappa shape index (κ2) is 8.81. The van der Waals surface area contributed by atoms with Crippen molar-refractivity contribution >= 4 is 35.3 Å². The number of benzene rings is 2. The molecule has 0 bridgehead atoms. The van der Waals surface area contributed by atoms with Crippen LogP contribution >= 0.6 is 0 Å². The van der Waals surface area contributed by atoms with Gasteiger partial charge in [0, 0.05) is 11.9 Å². The van der Waals surface area contributed by atoms with Gasteiger partial charge in [-0.1, -0.05) is 36.4 Å². The summed E-state index contributed by atoms with van der Waals surface area (Å²) in [5.41, 5.74) is 9.06. The van der Waals surface area contributed by atoms with Crippen molar-refractivity contribution in [2.24, 2.45) is 5.73 Å². The van der Waals surface area contributed by atoms with Crippen molar-refractivity contribution in [3.63, 3.8) is 0 Å². The number of para-hydroxylation sites is 1. The maximum atomic E-state index is 11.9. The zero-order valence-corrected chi connectivity index (χ0v) is 18.5. The molecule has 1 amide bonds. The summed E-state index contributed by atoms with van der Waals surface area (Å²) in [6, 6.07) is 12.3. The summed E-state index contributed by atoms with van der Waals surface area (Å²) >= 11 is 0. The zero-order chi connectivity index (χ0) is 23.8. The maximum absolute atomic E-state index is 11.9. The van der Waals surface area contributed by atoms with Gasteiger partial charge in [0.2, 0.25) is 5.88 Å². The summed E-state index contributed by atoms with van der Waals surface area (Å²) in [5.74, 6) is 1.56. The van der Waals surface area contributed by atoms with Crippen molar-refractivity contribution in [1.82, 2.24) is 9.97 Å². The summed E-state index contributed by atoms with van der Waals surface area (Å²) in [7, 11) is -1.53. The molecule has 0 saturated carbocycles. The lowest BCUT2D eigenvalue weighted by Gasteiger charge is -2.20. The molecule has 5 N–H and O–H groups in total. The normalized spacial score (nSPS) is 12.8. The second-order valence-corrected chi connectivity index (χ2v) is 8.18. The van der Waals surface area contributed by atoms with Crippen molar-refractivity contribution in [2.75, 3.05) is 11.9 Å². The number of aromatic nitrogens is 2. The number of primary amides is 1. The molecule has 0 fully saturated rings. The van der Waals surface area contributed by atoms with Crippen LogP contribution in [-0.2, 0) is 13.0 Å². The lowest BCUT2D eigenvalue weighted by molar-refractivity contribution is 0.100. The average molecular weight is 458 g/mol. The van der Waals surface area contributed by atoms with E-state index >= 15 is 0 Å². The molecule has 5 rings (SSSR count). The molecule has 4 aromatic rings. The topological polar surface area (TPSA) is 144 Å². The molecule has 0 aliphatic carbocycles. The quantitative estimate of drug-likeness (QED) is 0.321. The highest BCUT2D eigenvalue weighted by Gasteiger charge is 2.24. The first-order chi connectivity index (χ1) is 16.4. The summed E-state index contributed by atoms with van der Waals surface area (Å²) in [4.78, 5) is 21.4. The molecule has 10 heteroatoms. The Morgan fingerprint density at radius 3 is 2.82 bits per heavy atom. The van der Waals surface area contributed by atoms with E-state index in [9.17, 15) is 14.8 Å². The third kappa shape index (κ3) is 3.97. The van der Waals surface area contributed by atoms with E-state index in [4.69, 9.17) is 19.9 Å². The fourth-order valence-corrected chi connectivity index (χ4v) is 4.24. The van der Waals surface area contributed by atoms with Gasteiger partial charge in [0.25, 0.3) is 5.91 Å². The van der Waals surface area contributed by atoms with E-state index in [1.165, 1.54) is 0 Å². The molecule has 34 heavy (non-hydrogen) atoms. The SMILES string of the molecule is Cc1oc2c(C(N)=O)cccc2c1-c1nc(NCc2cccc(B(O)O)c2)c2c(n1)OCCC2. The third-order valence-corrected chi connectivity index (χ3v) is 5.87. The molecule has 9 nitrogen and oxygen atoms in total. The van der Waals surface area contributed by atoms with Gasteiger partial charge in [-0.2, -0.15) is 4.98 Å². The number of ether oxygens (including phenoxy) is 1. The first-order valence-corrected chi connectivity index (χ1v) is 11.0. The van der Waals surface area contributed by atoms with E-state index < -0.39 is 13.0 Å². The van der Waals surface area contributed by atoms with Crippen molar-refractivity contribution in [3.05, 3.63) is 64.9 Å². The molecule has 3 heterocycles. The van der Waals surface area contributed by atoms with Crippen molar-refractivity contribution < 1.29 is 24.0 Å². The fourth-order valence-electron chi connectivity index (χ4n) is 4.24. The molecular weight excluding hydrogens is 435 g/mol. The number of hydrogen-bond acceptors (Lipinski definition) is 8. The van der Waals surface area contributed by atoms with Crippen LogP contribution in [0.2, 0.25) is 0 Å². The molecule has 0 radical (unpaired) electrons. The molecule has 1 aliphatic heterocycles. The van der Waals surface area contributed by atoms with Crippen LogP contribution in [0, 0.1) is 6.92 Å². The second-order valence-electron chi connectivity index (χ2n) is 8.18. The molecule has 0 unspecified atom stereocenters. The lowest BCUT2D eigenvalue weighted by atomic mass is 9.79. The van der Waals surface area contributed by atoms with Crippen LogP contribution in [0.5, 0.6) is 5.88 Å². The molecule has 2 aromatic carbocycles. The van der Waals surface area contributed by atoms with Gasteiger partial charge in [-0.25, -0.2) is 4.98 Å². The minimum Gasteiger partial charge on any atom is -0.477 e. The Labute approximate surface area is 195 Å².